The summed E-state index contributed by atoms with van der Waals surface area (Å²) in [4.78, 5) is 46.4. The molecule has 1 aliphatic heterocycles. The number of hydrogen-bond acceptors (Lipinski definition) is 4. The van der Waals surface area contributed by atoms with Gasteiger partial charge in [-0.1, -0.05) is 12.8 Å². The molecular weight excluding hydrogens is 278 g/mol. The number of aliphatic carboxylic acids is 1. The first-order valence-corrected chi connectivity index (χ1v) is 7.06. The van der Waals surface area contributed by atoms with Gasteiger partial charge in [-0.05, 0) is 18.8 Å². The van der Waals surface area contributed by atoms with Gasteiger partial charge in [-0.15, -0.1) is 0 Å². The van der Waals surface area contributed by atoms with Gasteiger partial charge in [0.15, 0.2) is 0 Å². The van der Waals surface area contributed by atoms with E-state index in [0.29, 0.717) is 6.42 Å². The molecule has 2 rings (SSSR count). The van der Waals surface area contributed by atoms with Gasteiger partial charge >= 0.3 is 12.0 Å². The number of carbonyl (C=O) groups is 4. The Morgan fingerprint density at radius 2 is 2.00 bits per heavy atom. The van der Waals surface area contributed by atoms with Crippen LogP contribution in [-0.2, 0) is 14.4 Å². The van der Waals surface area contributed by atoms with Crippen molar-refractivity contribution in [1.82, 2.24) is 15.5 Å². The lowest BCUT2D eigenvalue weighted by molar-refractivity contribution is -0.145. The van der Waals surface area contributed by atoms with Gasteiger partial charge in [-0.25, -0.2) is 4.79 Å². The van der Waals surface area contributed by atoms with Gasteiger partial charge in [-0.3, -0.25) is 19.3 Å². The van der Waals surface area contributed by atoms with E-state index in [4.69, 9.17) is 5.11 Å². The van der Waals surface area contributed by atoms with E-state index in [1.54, 1.807) is 0 Å². The van der Waals surface area contributed by atoms with Crippen molar-refractivity contribution < 1.29 is 24.3 Å². The van der Waals surface area contributed by atoms with E-state index in [2.05, 4.69) is 10.6 Å². The summed E-state index contributed by atoms with van der Waals surface area (Å²) in [7, 11) is 0. The number of urea groups is 1. The summed E-state index contributed by atoms with van der Waals surface area (Å²) in [6.07, 6.45) is 3.24. The van der Waals surface area contributed by atoms with E-state index in [1.165, 1.54) is 0 Å². The number of hydrogen-bond donors (Lipinski definition) is 3. The largest absolute Gasteiger partial charge is 0.481 e. The molecule has 0 radical (unpaired) electrons. The molecule has 116 valence electrons. The van der Waals surface area contributed by atoms with Crippen molar-refractivity contribution in [3.63, 3.8) is 0 Å². The third-order valence-electron chi connectivity index (χ3n) is 4.03. The molecule has 0 aromatic rings. The zero-order valence-corrected chi connectivity index (χ0v) is 11.6. The highest BCUT2D eigenvalue weighted by molar-refractivity contribution is 6.04. The Bertz CT molecular complexity index is 449. The first kappa shape index (κ1) is 15.3. The van der Waals surface area contributed by atoms with E-state index in [0.717, 1.165) is 24.2 Å². The van der Waals surface area contributed by atoms with Crippen LogP contribution < -0.4 is 10.6 Å². The van der Waals surface area contributed by atoms with Crippen LogP contribution in [0.2, 0.25) is 0 Å². The summed E-state index contributed by atoms with van der Waals surface area (Å²) in [5, 5.41) is 14.1. The van der Waals surface area contributed by atoms with Crippen molar-refractivity contribution in [3.05, 3.63) is 0 Å². The Balaban J connectivity index is 1.81. The summed E-state index contributed by atoms with van der Waals surface area (Å²) < 4.78 is 0. The van der Waals surface area contributed by atoms with Crippen molar-refractivity contribution in [2.45, 2.75) is 25.7 Å². The average Bonchev–Trinajstić information content (AvgIpc) is 2.77. The van der Waals surface area contributed by atoms with Gasteiger partial charge in [0.1, 0.15) is 6.54 Å². The Kier molecular flexibility index (Phi) is 4.77. The topological polar surface area (TPSA) is 116 Å². The van der Waals surface area contributed by atoms with E-state index in [-0.39, 0.29) is 25.6 Å². The smallest absolute Gasteiger partial charge is 0.325 e. The number of carboxylic acid groups (broad SMARTS) is 1. The maximum absolute atomic E-state index is 11.8. The van der Waals surface area contributed by atoms with Crippen LogP contribution >= 0.6 is 0 Å². The molecule has 1 saturated heterocycles. The summed E-state index contributed by atoms with van der Waals surface area (Å²) >= 11 is 0. The fraction of sp³-hybridized carbons (Fsp3) is 0.692. The second-order valence-electron chi connectivity index (χ2n) is 5.43. The van der Waals surface area contributed by atoms with Crippen LogP contribution in [0.4, 0.5) is 4.79 Å². The standard InChI is InChI=1S/C13H19N3O5/c17-10(7-16-11(18)6-15-13(16)21)14-5-8-3-1-2-4-9(8)12(19)20/h8-9H,1-7H2,(H,14,17)(H,15,21)(H,19,20). The molecule has 3 N–H and O–H groups in total. The zero-order valence-electron chi connectivity index (χ0n) is 11.6. The zero-order chi connectivity index (χ0) is 15.4. The molecule has 2 atom stereocenters. The number of carboxylic acids is 1. The van der Waals surface area contributed by atoms with Crippen LogP contribution in [0.1, 0.15) is 25.7 Å². The average molecular weight is 297 g/mol. The van der Waals surface area contributed by atoms with Crippen molar-refractivity contribution in [2.24, 2.45) is 11.8 Å². The summed E-state index contributed by atoms with van der Waals surface area (Å²) in [5.41, 5.74) is 0. The molecule has 0 aromatic carbocycles. The van der Waals surface area contributed by atoms with E-state index >= 15 is 0 Å². The Labute approximate surface area is 121 Å². The molecule has 0 spiro atoms. The van der Waals surface area contributed by atoms with E-state index in [1.807, 2.05) is 0 Å². The number of carbonyl (C=O) groups excluding carboxylic acids is 3. The van der Waals surface area contributed by atoms with Gasteiger partial charge in [-0.2, -0.15) is 0 Å². The molecule has 21 heavy (non-hydrogen) atoms. The lowest BCUT2D eigenvalue weighted by atomic mass is 9.79. The third kappa shape index (κ3) is 3.71. The van der Waals surface area contributed by atoms with E-state index < -0.39 is 29.7 Å². The Morgan fingerprint density at radius 1 is 1.29 bits per heavy atom. The molecule has 2 aliphatic rings. The lowest BCUT2D eigenvalue weighted by Gasteiger charge is -2.28. The van der Waals surface area contributed by atoms with Crippen LogP contribution in [0, 0.1) is 11.8 Å². The summed E-state index contributed by atoms with van der Waals surface area (Å²) in [6, 6.07) is -0.573. The van der Waals surface area contributed by atoms with Crippen LogP contribution in [0.15, 0.2) is 0 Å². The Morgan fingerprint density at radius 3 is 2.62 bits per heavy atom. The molecule has 1 saturated carbocycles. The van der Waals surface area contributed by atoms with Crippen LogP contribution in [-0.4, -0.2) is 53.5 Å². The predicted molar refractivity (Wildman–Crippen MR) is 71.2 cm³/mol. The summed E-state index contributed by atoms with van der Waals surface area (Å²) in [5.74, 6) is -2.24. The van der Waals surface area contributed by atoms with Gasteiger partial charge in [0, 0.05) is 6.54 Å². The Hall–Kier alpha value is -2.12. The highest BCUT2D eigenvalue weighted by Gasteiger charge is 2.32. The third-order valence-corrected chi connectivity index (χ3v) is 4.03. The fourth-order valence-corrected chi connectivity index (χ4v) is 2.84. The molecule has 1 aliphatic carbocycles. The summed E-state index contributed by atoms with van der Waals surface area (Å²) in [6.45, 7) is -0.148. The normalized spacial score (nSPS) is 25.6. The van der Waals surface area contributed by atoms with Crippen molar-refractivity contribution >= 4 is 23.8 Å². The van der Waals surface area contributed by atoms with Gasteiger partial charge in [0.25, 0.3) is 5.91 Å². The first-order chi connectivity index (χ1) is 9.99. The molecule has 1 heterocycles. The molecule has 2 unspecified atom stereocenters. The molecule has 2 fully saturated rings. The minimum Gasteiger partial charge on any atom is -0.481 e. The highest BCUT2D eigenvalue weighted by atomic mass is 16.4. The van der Waals surface area contributed by atoms with Gasteiger partial charge < -0.3 is 15.7 Å². The van der Waals surface area contributed by atoms with Crippen molar-refractivity contribution in [1.29, 1.82) is 0 Å². The van der Waals surface area contributed by atoms with Gasteiger partial charge in [0.05, 0.1) is 12.5 Å². The van der Waals surface area contributed by atoms with E-state index in [9.17, 15) is 19.2 Å². The second kappa shape index (κ2) is 6.55. The van der Waals surface area contributed by atoms with Crippen molar-refractivity contribution in [3.8, 4) is 0 Å². The van der Waals surface area contributed by atoms with Gasteiger partial charge in [0.2, 0.25) is 5.91 Å². The maximum atomic E-state index is 11.8. The first-order valence-electron chi connectivity index (χ1n) is 7.06. The molecule has 8 nitrogen and oxygen atoms in total. The molecule has 0 bridgehead atoms. The number of nitrogens with one attached hydrogen (secondary N) is 2. The number of rotatable bonds is 5. The lowest BCUT2D eigenvalue weighted by Crippen LogP contribution is -2.43. The highest BCUT2D eigenvalue weighted by Crippen LogP contribution is 2.29. The quantitative estimate of drug-likeness (QED) is 0.594. The number of nitrogens with zero attached hydrogens (tertiary/aromatic N) is 1. The van der Waals surface area contributed by atoms with Crippen molar-refractivity contribution in [2.75, 3.05) is 19.6 Å². The van der Waals surface area contributed by atoms with Crippen LogP contribution in [0.3, 0.4) is 0 Å². The molecule has 4 amide bonds. The number of amides is 4. The SMILES string of the molecule is O=C(CN1C(=O)CNC1=O)NCC1CCCCC1C(=O)O. The fourth-order valence-electron chi connectivity index (χ4n) is 2.84. The minimum absolute atomic E-state index is 0.0875. The molecule has 8 heteroatoms. The van der Waals surface area contributed by atoms with Crippen LogP contribution in [0.25, 0.3) is 0 Å². The molecule has 0 aromatic heterocycles. The monoisotopic (exact) mass is 297 g/mol. The predicted octanol–water partition coefficient (Wildman–Crippen LogP) is -0.455. The van der Waals surface area contributed by atoms with Crippen LogP contribution in [0.5, 0.6) is 0 Å². The maximum Gasteiger partial charge on any atom is 0.325 e. The minimum atomic E-state index is -0.831. The number of imide groups is 1. The molecular formula is C13H19N3O5. The second-order valence-corrected chi connectivity index (χ2v) is 5.43.